The van der Waals surface area contributed by atoms with E-state index in [1.807, 2.05) is 13.8 Å². The first kappa shape index (κ1) is 21.5. The van der Waals surface area contributed by atoms with Gasteiger partial charge in [-0.15, -0.1) is 13.2 Å². The highest BCUT2D eigenvalue weighted by atomic mass is 19.4. The van der Waals surface area contributed by atoms with Gasteiger partial charge in [0.1, 0.15) is 5.75 Å². The van der Waals surface area contributed by atoms with Gasteiger partial charge in [0.15, 0.2) is 5.96 Å². The summed E-state index contributed by atoms with van der Waals surface area (Å²) in [5, 5.41) is 8.90. The third kappa shape index (κ3) is 5.88. The highest BCUT2D eigenvalue weighted by Crippen LogP contribution is 2.31. The lowest BCUT2D eigenvalue weighted by Crippen LogP contribution is -2.43. The van der Waals surface area contributed by atoms with Crippen LogP contribution in [0.4, 0.5) is 24.5 Å². The topological polar surface area (TPSA) is 74.8 Å². The molecular formula is C21H23F3N4O2. The van der Waals surface area contributed by atoms with Crippen molar-refractivity contribution in [3.63, 3.8) is 0 Å². The standard InChI is InChI=1S/C21H23F3N4O2/c1-13(2)17-11-14(19(29)28-20-25-9-4-10-26-20)7-8-18(17)27-15-5-3-6-16(12-15)30-21(22,23)24/h3,5-8,11-13,27H,4,9-10H2,1-2H3,(H2,25,26,28,29). The quantitative estimate of drug-likeness (QED) is 0.664. The van der Waals surface area contributed by atoms with Crippen LogP contribution in [0.5, 0.6) is 5.75 Å². The fourth-order valence-corrected chi connectivity index (χ4v) is 3.02. The highest BCUT2D eigenvalue weighted by Gasteiger charge is 2.31. The average Bonchev–Trinajstić information content (AvgIpc) is 2.68. The van der Waals surface area contributed by atoms with Crippen molar-refractivity contribution < 1.29 is 22.7 Å². The molecule has 0 aliphatic carbocycles. The van der Waals surface area contributed by atoms with E-state index in [2.05, 4.69) is 25.7 Å². The normalized spacial score (nSPS) is 14.0. The number of alkyl halides is 3. The minimum atomic E-state index is -4.76. The van der Waals surface area contributed by atoms with E-state index >= 15 is 0 Å². The highest BCUT2D eigenvalue weighted by molar-refractivity contribution is 6.06. The Bertz CT molecular complexity index is 942. The fraction of sp³-hybridized carbons (Fsp3) is 0.333. The van der Waals surface area contributed by atoms with Gasteiger partial charge in [0.25, 0.3) is 5.91 Å². The number of amides is 1. The van der Waals surface area contributed by atoms with E-state index < -0.39 is 6.36 Å². The number of ether oxygens (including phenoxy) is 1. The zero-order valence-corrected chi connectivity index (χ0v) is 16.6. The Morgan fingerprint density at radius 1 is 1.20 bits per heavy atom. The van der Waals surface area contributed by atoms with Crippen LogP contribution in [-0.4, -0.2) is 31.3 Å². The molecule has 1 heterocycles. The van der Waals surface area contributed by atoms with E-state index in [9.17, 15) is 18.0 Å². The SMILES string of the molecule is CC(C)c1cc(C(=O)NC2=NCCCN2)ccc1Nc1cccc(OC(F)(F)F)c1. The van der Waals surface area contributed by atoms with Crippen LogP contribution in [0.2, 0.25) is 0 Å². The molecule has 9 heteroatoms. The van der Waals surface area contributed by atoms with Crippen molar-refractivity contribution in [2.24, 2.45) is 4.99 Å². The third-order valence-corrected chi connectivity index (χ3v) is 4.41. The third-order valence-electron chi connectivity index (χ3n) is 4.41. The van der Waals surface area contributed by atoms with E-state index in [0.717, 1.165) is 18.5 Å². The van der Waals surface area contributed by atoms with Crippen LogP contribution in [0.1, 0.15) is 42.1 Å². The number of aliphatic imine (C=N–C) groups is 1. The van der Waals surface area contributed by atoms with Crippen molar-refractivity contribution in [2.75, 3.05) is 18.4 Å². The van der Waals surface area contributed by atoms with Gasteiger partial charge in [-0.05, 0) is 48.2 Å². The molecule has 2 aromatic rings. The predicted molar refractivity (Wildman–Crippen MR) is 109 cm³/mol. The first-order valence-corrected chi connectivity index (χ1v) is 9.58. The Hall–Kier alpha value is -3.23. The van der Waals surface area contributed by atoms with Gasteiger partial charge >= 0.3 is 6.36 Å². The van der Waals surface area contributed by atoms with E-state index in [0.29, 0.717) is 29.4 Å². The van der Waals surface area contributed by atoms with E-state index in [1.165, 1.54) is 18.2 Å². The van der Waals surface area contributed by atoms with Gasteiger partial charge in [0.05, 0.1) is 0 Å². The molecule has 0 spiro atoms. The van der Waals surface area contributed by atoms with Gasteiger partial charge in [0.2, 0.25) is 0 Å². The molecule has 0 atom stereocenters. The molecule has 30 heavy (non-hydrogen) atoms. The summed E-state index contributed by atoms with van der Waals surface area (Å²) in [5.41, 5.74) is 2.45. The van der Waals surface area contributed by atoms with Crippen LogP contribution in [0.25, 0.3) is 0 Å². The van der Waals surface area contributed by atoms with Crippen molar-refractivity contribution in [1.29, 1.82) is 0 Å². The fourth-order valence-electron chi connectivity index (χ4n) is 3.02. The summed E-state index contributed by atoms with van der Waals surface area (Å²) in [6.45, 7) is 5.37. The van der Waals surface area contributed by atoms with Crippen molar-refractivity contribution in [3.8, 4) is 5.75 Å². The first-order valence-electron chi connectivity index (χ1n) is 9.58. The molecule has 0 radical (unpaired) electrons. The summed E-state index contributed by atoms with van der Waals surface area (Å²) in [4.78, 5) is 16.8. The van der Waals surface area contributed by atoms with Gasteiger partial charge < -0.3 is 15.4 Å². The van der Waals surface area contributed by atoms with E-state index in [-0.39, 0.29) is 17.6 Å². The number of benzene rings is 2. The van der Waals surface area contributed by atoms with Crippen LogP contribution in [0.3, 0.4) is 0 Å². The van der Waals surface area contributed by atoms with Crippen LogP contribution >= 0.6 is 0 Å². The minimum Gasteiger partial charge on any atom is -0.406 e. The van der Waals surface area contributed by atoms with E-state index in [4.69, 9.17) is 0 Å². The van der Waals surface area contributed by atoms with Crippen LogP contribution in [0.15, 0.2) is 47.5 Å². The number of nitrogens with one attached hydrogen (secondary N) is 3. The van der Waals surface area contributed by atoms with Gasteiger partial charge in [-0.2, -0.15) is 0 Å². The average molecular weight is 420 g/mol. The Kier molecular flexibility index (Phi) is 6.49. The molecule has 3 rings (SSSR count). The number of hydrogen-bond donors (Lipinski definition) is 3. The number of guanidine groups is 1. The molecule has 0 aromatic heterocycles. The molecule has 2 aromatic carbocycles. The molecule has 0 bridgehead atoms. The Labute approximate surface area is 172 Å². The van der Waals surface area contributed by atoms with Crippen molar-refractivity contribution in [1.82, 2.24) is 10.6 Å². The molecule has 6 nitrogen and oxygen atoms in total. The van der Waals surface area contributed by atoms with Crippen molar-refractivity contribution >= 4 is 23.2 Å². The lowest BCUT2D eigenvalue weighted by atomic mass is 9.98. The monoisotopic (exact) mass is 420 g/mol. The first-order chi connectivity index (χ1) is 14.2. The van der Waals surface area contributed by atoms with Crippen LogP contribution in [-0.2, 0) is 0 Å². The number of hydrogen-bond acceptors (Lipinski definition) is 5. The molecule has 1 aliphatic heterocycles. The summed E-state index contributed by atoms with van der Waals surface area (Å²) in [5.74, 6) is -0.0615. The van der Waals surface area contributed by atoms with Crippen molar-refractivity contribution in [2.45, 2.75) is 32.5 Å². The number of carbonyl (C=O) groups is 1. The summed E-state index contributed by atoms with van der Waals surface area (Å²) in [6.07, 6.45) is -3.83. The summed E-state index contributed by atoms with van der Waals surface area (Å²) >= 11 is 0. The zero-order valence-electron chi connectivity index (χ0n) is 16.6. The Balaban J connectivity index is 1.79. The second-order valence-electron chi connectivity index (χ2n) is 7.12. The molecule has 0 unspecified atom stereocenters. The lowest BCUT2D eigenvalue weighted by molar-refractivity contribution is -0.274. The van der Waals surface area contributed by atoms with Crippen LogP contribution < -0.4 is 20.7 Å². The Morgan fingerprint density at radius 3 is 2.67 bits per heavy atom. The van der Waals surface area contributed by atoms with Gasteiger partial charge in [-0.3, -0.25) is 15.1 Å². The summed E-state index contributed by atoms with van der Waals surface area (Å²) < 4.78 is 41.4. The van der Waals surface area contributed by atoms with Gasteiger partial charge in [-0.1, -0.05) is 19.9 Å². The molecule has 0 saturated heterocycles. The number of halogens is 3. The second-order valence-corrected chi connectivity index (χ2v) is 7.12. The summed E-state index contributed by atoms with van der Waals surface area (Å²) in [6, 6.07) is 10.8. The summed E-state index contributed by atoms with van der Waals surface area (Å²) in [7, 11) is 0. The number of carbonyl (C=O) groups excluding carboxylic acids is 1. The molecule has 0 fully saturated rings. The zero-order chi connectivity index (χ0) is 21.7. The lowest BCUT2D eigenvalue weighted by Gasteiger charge is -2.18. The largest absolute Gasteiger partial charge is 0.573 e. The second kappa shape index (κ2) is 9.06. The predicted octanol–water partition coefficient (Wildman–Crippen LogP) is 4.53. The molecular weight excluding hydrogens is 397 g/mol. The van der Waals surface area contributed by atoms with Crippen LogP contribution in [0, 0.1) is 0 Å². The smallest absolute Gasteiger partial charge is 0.406 e. The maximum Gasteiger partial charge on any atom is 0.573 e. The number of anilines is 2. The molecule has 1 amide bonds. The maximum absolute atomic E-state index is 12.6. The number of rotatable bonds is 5. The molecule has 1 aliphatic rings. The minimum absolute atomic E-state index is 0.0694. The van der Waals surface area contributed by atoms with E-state index in [1.54, 1.807) is 24.3 Å². The van der Waals surface area contributed by atoms with Gasteiger partial charge in [0, 0.05) is 36.1 Å². The van der Waals surface area contributed by atoms with Gasteiger partial charge in [-0.25, -0.2) is 0 Å². The molecule has 3 N–H and O–H groups in total. The Morgan fingerprint density at radius 2 is 2.00 bits per heavy atom. The maximum atomic E-state index is 12.6. The van der Waals surface area contributed by atoms with Crippen molar-refractivity contribution in [3.05, 3.63) is 53.6 Å². The molecule has 160 valence electrons. The molecule has 0 saturated carbocycles. The number of nitrogens with zero attached hydrogens (tertiary/aromatic N) is 1.